The number of methoxy groups -OCH3 is 1. The van der Waals surface area contributed by atoms with Crippen LogP contribution in [-0.2, 0) is 15.9 Å². The van der Waals surface area contributed by atoms with Crippen molar-refractivity contribution in [3.05, 3.63) is 23.8 Å². The Morgan fingerprint density at radius 1 is 1.12 bits per heavy atom. The van der Waals surface area contributed by atoms with Crippen LogP contribution in [0.15, 0.2) is 18.2 Å². The van der Waals surface area contributed by atoms with E-state index >= 15 is 0 Å². The molecule has 96 valence electrons. The zero-order valence-corrected chi connectivity index (χ0v) is 10.6. The number of hydrogen-bond donors (Lipinski definition) is 1. The third-order valence-corrected chi connectivity index (χ3v) is 2.40. The quantitative estimate of drug-likeness (QED) is 0.556. The highest BCUT2D eigenvalue weighted by Gasteiger charge is 2.01. The number of rotatable bonds is 8. The first-order valence-corrected chi connectivity index (χ1v) is 5.85. The molecule has 1 aromatic rings. The highest BCUT2D eigenvalue weighted by molar-refractivity contribution is 5.54. The molecule has 4 nitrogen and oxygen atoms in total. The number of nitrogen functional groups attached to an aromatic ring is 1. The van der Waals surface area contributed by atoms with Gasteiger partial charge in [-0.3, -0.25) is 0 Å². The Balaban J connectivity index is 2.27. The van der Waals surface area contributed by atoms with Gasteiger partial charge < -0.3 is 19.9 Å². The van der Waals surface area contributed by atoms with Crippen molar-refractivity contribution in [1.82, 2.24) is 0 Å². The second-order valence-electron chi connectivity index (χ2n) is 3.68. The Kier molecular flexibility index (Phi) is 6.43. The molecule has 1 aromatic carbocycles. The highest BCUT2D eigenvalue weighted by atomic mass is 16.5. The minimum Gasteiger partial charge on any atom is -0.489 e. The maximum Gasteiger partial charge on any atom is 0.142 e. The lowest BCUT2D eigenvalue weighted by molar-refractivity contribution is 0.0545. The number of nitrogens with two attached hydrogens (primary N) is 1. The molecule has 0 spiro atoms. The van der Waals surface area contributed by atoms with Crippen LogP contribution in [0.3, 0.4) is 0 Å². The van der Waals surface area contributed by atoms with Crippen molar-refractivity contribution in [3.63, 3.8) is 0 Å². The standard InChI is InChI=1S/C13H21NO3/c1-3-11-4-5-13(12(14)10-11)17-9-8-16-7-6-15-2/h4-5,10H,3,6-9,14H2,1-2H3. The molecule has 0 aromatic heterocycles. The molecule has 0 saturated carbocycles. The van der Waals surface area contributed by atoms with E-state index in [0.717, 1.165) is 12.2 Å². The number of benzene rings is 1. The van der Waals surface area contributed by atoms with Crippen LogP contribution in [0.1, 0.15) is 12.5 Å². The molecule has 0 amide bonds. The summed E-state index contributed by atoms with van der Waals surface area (Å²) >= 11 is 0. The van der Waals surface area contributed by atoms with Gasteiger partial charge in [0.15, 0.2) is 0 Å². The molecule has 0 unspecified atom stereocenters. The fourth-order valence-electron chi connectivity index (χ4n) is 1.40. The topological polar surface area (TPSA) is 53.7 Å². The summed E-state index contributed by atoms with van der Waals surface area (Å²) in [7, 11) is 1.65. The van der Waals surface area contributed by atoms with Crippen molar-refractivity contribution in [2.24, 2.45) is 0 Å². The van der Waals surface area contributed by atoms with Gasteiger partial charge >= 0.3 is 0 Å². The van der Waals surface area contributed by atoms with E-state index in [1.807, 2.05) is 18.2 Å². The first kappa shape index (κ1) is 13.8. The average molecular weight is 239 g/mol. The Morgan fingerprint density at radius 3 is 2.53 bits per heavy atom. The second-order valence-corrected chi connectivity index (χ2v) is 3.68. The number of hydrogen-bond acceptors (Lipinski definition) is 4. The van der Waals surface area contributed by atoms with Gasteiger partial charge in [-0.25, -0.2) is 0 Å². The molecule has 0 aliphatic carbocycles. The first-order valence-electron chi connectivity index (χ1n) is 5.85. The smallest absolute Gasteiger partial charge is 0.142 e. The van der Waals surface area contributed by atoms with Crippen LogP contribution in [0.2, 0.25) is 0 Å². The van der Waals surface area contributed by atoms with Crippen LogP contribution in [0.25, 0.3) is 0 Å². The zero-order chi connectivity index (χ0) is 12.5. The average Bonchev–Trinajstić information content (AvgIpc) is 2.35. The monoisotopic (exact) mass is 239 g/mol. The van der Waals surface area contributed by atoms with Gasteiger partial charge in [-0.15, -0.1) is 0 Å². The molecule has 4 heteroatoms. The number of aryl methyl sites for hydroxylation is 1. The van der Waals surface area contributed by atoms with Gasteiger partial charge in [-0.05, 0) is 24.1 Å². The fraction of sp³-hybridized carbons (Fsp3) is 0.538. The summed E-state index contributed by atoms with van der Waals surface area (Å²) < 4.78 is 15.7. The van der Waals surface area contributed by atoms with Crippen LogP contribution in [-0.4, -0.2) is 33.5 Å². The van der Waals surface area contributed by atoms with Crippen molar-refractivity contribution in [2.75, 3.05) is 39.3 Å². The molecule has 0 bridgehead atoms. The zero-order valence-electron chi connectivity index (χ0n) is 10.6. The Hall–Kier alpha value is -1.26. The Morgan fingerprint density at radius 2 is 1.88 bits per heavy atom. The summed E-state index contributed by atoms with van der Waals surface area (Å²) in [4.78, 5) is 0. The largest absolute Gasteiger partial charge is 0.489 e. The van der Waals surface area contributed by atoms with Gasteiger partial charge in [0, 0.05) is 7.11 Å². The fourth-order valence-corrected chi connectivity index (χ4v) is 1.40. The van der Waals surface area contributed by atoms with Crippen molar-refractivity contribution in [2.45, 2.75) is 13.3 Å². The summed E-state index contributed by atoms with van der Waals surface area (Å²) in [5.74, 6) is 0.720. The summed E-state index contributed by atoms with van der Waals surface area (Å²) in [5.41, 5.74) is 7.77. The molecular weight excluding hydrogens is 218 g/mol. The van der Waals surface area contributed by atoms with Crippen LogP contribution in [0.5, 0.6) is 5.75 Å². The molecule has 0 fully saturated rings. The van der Waals surface area contributed by atoms with Gasteiger partial charge in [0.25, 0.3) is 0 Å². The van der Waals surface area contributed by atoms with Crippen molar-refractivity contribution in [3.8, 4) is 5.75 Å². The van der Waals surface area contributed by atoms with E-state index < -0.39 is 0 Å². The van der Waals surface area contributed by atoms with Crippen LogP contribution in [0.4, 0.5) is 5.69 Å². The molecule has 1 rings (SSSR count). The Bertz CT molecular complexity index is 328. The predicted molar refractivity (Wildman–Crippen MR) is 68.4 cm³/mol. The molecule has 2 N–H and O–H groups in total. The van der Waals surface area contributed by atoms with Crippen LogP contribution in [0, 0.1) is 0 Å². The number of anilines is 1. The third-order valence-electron chi connectivity index (χ3n) is 2.40. The predicted octanol–water partition coefficient (Wildman–Crippen LogP) is 1.87. The first-order chi connectivity index (χ1) is 8.27. The van der Waals surface area contributed by atoms with Gasteiger partial charge in [0.1, 0.15) is 12.4 Å². The maximum absolute atomic E-state index is 5.87. The lowest BCUT2D eigenvalue weighted by Crippen LogP contribution is -2.10. The molecule has 17 heavy (non-hydrogen) atoms. The lowest BCUT2D eigenvalue weighted by Gasteiger charge is -2.10. The van der Waals surface area contributed by atoms with Crippen molar-refractivity contribution >= 4 is 5.69 Å². The van der Waals surface area contributed by atoms with Crippen molar-refractivity contribution in [1.29, 1.82) is 0 Å². The molecular formula is C13H21NO3. The summed E-state index contributed by atoms with van der Waals surface area (Å²) in [6.07, 6.45) is 0.977. The Labute approximate surface area is 103 Å². The molecule has 0 heterocycles. The third kappa shape index (κ3) is 5.06. The van der Waals surface area contributed by atoms with E-state index in [2.05, 4.69) is 6.92 Å². The molecule has 0 saturated heterocycles. The molecule has 0 atom stereocenters. The van der Waals surface area contributed by atoms with E-state index in [9.17, 15) is 0 Å². The van der Waals surface area contributed by atoms with E-state index in [0.29, 0.717) is 32.1 Å². The van der Waals surface area contributed by atoms with E-state index in [1.165, 1.54) is 5.56 Å². The molecule has 0 aliphatic heterocycles. The molecule has 0 aliphatic rings. The SMILES string of the molecule is CCc1ccc(OCCOCCOC)c(N)c1. The van der Waals surface area contributed by atoms with Gasteiger partial charge in [0.05, 0.1) is 25.5 Å². The number of ether oxygens (including phenoxy) is 3. The van der Waals surface area contributed by atoms with Crippen LogP contribution >= 0.6 is 0 Å². The van der Waals surface area contributed by atoms with Gasteiger partial charge in [0.2, 0.25) is 0 Å². The molecule has 0 radical (unpaired) electrons. The maximum atomic E-state index is 5.87. The van der Waals surface area contributed by atoms with E-state index in [-0.39, 0.29) is 0 Å². The van der Waals surface area contributed by atoms with E-state index in [1.54, 1.807) is 7.11 Å². The van der Waals surface area contributed by atoms with E-state index in [4.69, 9.17) is 19.9 Å². The summed E-state index contributed by atoms with van der Waals surface area (Å²) in [6.45, 7) is 4.33. The summed E-state index contributed by atoms with van der Waals surface area (Å²) in [6, 6.07) is 5.88. The minimum atomic E-state index is 0.499. The lowest BCUT2D eigenvalue weighted by atomic mass is 10.1. The second kappa shape index (κ2) is 7.92. The normalized spacial score (nSPS) is 10.5. The van der Waals surface area contributed by atoms with Crippen molar-refractivity contribution < 1.29 is 14.2 Å². The van der Waals surface area contributed by atoms with Gasteiger partial charge in [-0.2, -0.15) is 0 Å². The highest BCUT2D eigenvalue weighted by Crippen LogP contribution is 2.22. The summed E-state index contributed by atoms with van der Waals surface area (Å²) in [5, 5.41) is 0. The van der Waals surface area contributed by atoms with Gasteiger partial charge in [-0.1, -0.05) is 13.0 Å². The van der Waals surface area contributed by atoms with Crippen LogP contribution < -0.4 is 10.5 Å². The minimum absolute atomic E-state index is 0.499.